The molecular weight excluding hydrogens is 269 g/mol. The number of aromatic carboxylic acids is 1. The Hall–Kier alpha value is -2.62. The zero-order chi connectivity index (χ0) is 15.0. The van der Waals surface area contributed by atoms with Gasteiger partial charge in [0.25, 0.3) is 0 Å². The lowest BCUT2D eigenvalue weighted by molar-refractivity contribution is 0.0696. The van der Waals surface area contributed by atoms with E-state index in [1.807, 2.05) is 42.0 Å². The Kier molecular flexibility index (Phi) is 3.22. The highest BCUT2D eigenvalue weighted by molar-refractivity contribution is 5.88. The van der Waals surface area contributed by atoms with Crippen molar-refractivity contribution in [1.82, 2.24) is 4.57 Å². The number of halogens is 1. The third-order valence-corrected chi connectivity index (χ3v) is 3.67. The number of carbonyl (C=O) groups is 1. The van der Waals surface area contributed by atoms with Gasteiger partial charge in [0, 0.05) is 22.7 Å². The molecule has 0 saturated heterocycles. The average Bonchev–Trinajstić information content (AvgIpc) is 2.86. The van der Waals surface area contributed by atoms with Crippen LogP contribution in [-0.2, 0) is 6.54 Å². The quantitative estimate of drug-likeness (QED) is 0.793. The van der Waals surface area contributed by atoms with E-state index in [2.05, 4.69) is 0 Å². The first-order chi connectivity index (χ1) is 10.1. The van der Waals surface area contributed by atoms with Gasteiger partial charge in [0.2, 0.25) is 0 Å². The Morgan fingerprint density at radius 2 is 2.05 bits per heavy atom. The van der Waals surface area contributed by atoms with Crippen molar-refractivity contribution in [2.24, 2.45) is 0 Å². The van der Waals surface area contributed by atoms with Crippen molar-refractivity contribution < 1.29 is 14.3 Å². The van der Waals surface area contributed by atoms with Gasteiger partial charge in [-0.25, -0.2) is 9.18 Å². The van der Waals surface area contributed by atoms with Crippen LogP contribution in [0.1, 0.15) is 21.5 Å². The average molecular weight is 283 g/mol. The summed E-state index contributed by atoms with van der Waals surface area (Å²) in [6.45, 7) is 2.33. The van der Waals surface area contributed by atoms with Crippen LogP contribution in [0.4, 0.5) is 4.39 Å². The number of aromatic nitrogens is 1. The SMILES string of the molecule is Cc1cccc2c1ccn2Cc1cc(C(=O)O)ccc1F. The van der Waals surface area contributed by atoms with Crippen LogP contribution in [0, 0.1) is 12.7 Å². The second kappa shape index (κ2) is 5.05. The second-order valence-electron chi connectivity index (χ2n) is 5.06. The molecule has 0 bridgehead atoms. The van der Waals surface area contributed by atoms with E-state index < -0.39 is 11.8 Å². The fourth-order valence-corrected chi connectivity index (χ4v) is 2.53. The summed E-state index contributed by atoms with van der Waals surface area (Å²) in [5.41, 5.74) is 2.63. The summed E-state index contributed by atoms with van der Waals surface area (Å²) in [6, 6.07) is 11.8. The van der Waals surface area contributed by atoms with E-state index in [0.717, 1.165) is 16.5 Å². The molecule has 1 heterocycles. The first-order valence-electron chi connectivity index (χ1n) is 6.62. The number of nitrogens with zero attached hydrogens (tertiary/aromatic N) is 1. The van der Waals surface area contributed by atoms with Crippen LogP contribution in [0.3, 0.4) is 0 Å². The van der Waals surface area contributed by atoms with Gasteiger partial charge < -0.3 is 9.67 Å². The van der Waals surface area contributed by atoms with E-state index in [-0.39, 0.29) is 5.56 Å². The molecule has 1 N–H and O–H groups in total. The minimum Gasteiger partial charge on any atom is -0.478 e. The van der Waals surface area contributed by atoms with Crippen molar-refractivity contribution in [2.45, 2.75) is 13.5 Å². The number of hydrogen-bond acceptors (Lipinski definition) is 1. The Bertz CT molecular complexity index is 836. The van der Waals surface area contributed by atoms with Crippen molar-refractivity contribution >= 4 is 16.9 Å². The smallest absolute Gasteiger partial charge is 0.335 e. The number of carboxylic acids is 1. The molecule has 0 radical (unpaired) electrons. The molecule has 0 spiro atoms. The third-order valence-electron chi connectivity index (χ3n) is 3.67. The van der Waals surface area contributed by atoms with Gasteiger partial charge in [-0.15, -0.1) is 0 Å². The Morgan fingerprint density at radius 3 is 2.81 bits per heavy atom. The molecule has 1 aromatic heterocycles. The predicted molar refractivity (Wildman–Crippen MR) is 79.1 cm³/mol. The third kappa shape index (κ3) is 2.40. The maximum absolute atomic E-state index is 13.9. The first kappa shape index (κ1) is 13.4. The Balaban J connectivity index is 2.04. The van der Waals surface area contributed by atoms with E-state index in [1.54, 1.807) is 0 Å². The largest absolute Gasteiger partial charge is 0.478 e. The van der Waals surface area contributed by atoms with Gasteiger partial charge in [-0.3, -0.25) is 0 Å². The van der Waals surface area contributed by atoms with Crippen molar-refractivity contribution in [3.8, 4) is 0 Å². The molecule has 3 rings (SSSR count). The van der Waals surface area contributed by atoms with Gasteiger partial charge in [-0.2, -0.15) is 0 Å². The highest BCUT2D eigenvalue weighted by atomic mass is 19.1. The van der Waals surface area contributed by atoms with Crippen LogP contribution >= 0.6 is 0 Å². The summed E-state index contributed by atoms with van der Waals surface area (Å²) in [4.78, 5) is 11.0. The van der Waals surface area contributed by atoms with Gasteiger partial charge in [0.1, 0.15) is 5.82 Å². The summed E-state index contributed by atoms with van der Waals surface area (Å²) in [5, 5.41) is 10.1. The molecule has 0 unspecified atom stereocenters. The molecule has 0 fully saturated rings. The molecule has 0 aliphatic carbocycles. The minimum absolute atomic E-state index is 0.0963. The lowest BCUT2D eigenvalue weighted by Crippen LogP contribution is -2.04. The number of benzene rings is 2. The monoisotopic (exact) mass is 283 g/mol. The van der Waals surface area contributed by atoms with E-state index in [0.29, 0.717) is 12.1 Å². The molecule has 0 aliphatic rings. The number of carboxylic acid groups (broad SMARTS) is 1. The molecule has 3 nitrogen and oxygen atoms in total. The summed E-state index contributed by atoms with van der Waals surface area (Å²) in [6.07, 6.45) is 1.89. The van der Waals surface area contributed by atoms with Gasteiger partial charge in [0.05, 0.1) is 12.1 Å². The molecule has 106 valence electrons. The number of hydrogen-bond donors (Lipinski definition) is 1. The summed E-state index contributed by atoms with van der Waals surface area (Å²) < 4.78 is 15.8. The van der Waals surface area contributed by atoms with E-state index in [9.17, 15) is 9.18 Å². The molecule has 3 aromatic rings. The lowest BCUT2D eigenvalue weighted by atomic mass is 10.1. The summed E-state index contributed by atoms with van der Waals surface area (Å²) in [5.74, 6) is -1.45. The van der Waals surface area contributed by atoms with E-state index in [4.69, 9.17) is 5.11 Å². The zero-order valence-corrected chi connectivity index (χ0v) is 11.5. The number of fused-ring (bicyclic) bond motifs is 1. The molecule has 21 heavy (non-hydrogen) atoms. The van der Waals surface area contributed by atoms with Gasteiger partial charge in [-0.1, -0.05) is 12.1 Å². The van der Waals surface area contributed by atoms with Crippen molar-refractivity contribution in [2.75, 3.05) is 0 Å². The van der Waals surface area contributed by atoms with Gasteiger partial charge >= 0.3 is 5.97 Å². The normalized spacial score (nSPS) is 11.0. The number of aryl methyl sites for hydroxylation is 1. The maximum atomic E-state index is 13.9. The summed E-state index contributed by atoms with van der Waals surface area (Å²) >= 11 is 0. The fourth-order valence-electron chi connectivity index (χ4n) is 2.53. The maximum Gasteiger partial charge on any atom is 0.335 e. The predicted octanol–water partition coefficient (Wildman–Crippen LogP) is 3.84. The van der Waals surface area contributed by atoms with Crippen LogP contribution in [-0.4, -0.2) is 15.6 Å². The fraction of sp³-hybridized carbons (Fsp3) is 0.118. The minimum atomic E-state index is -1.05. The van der Waals surface area contributed by atoms with Gasteiger partial charge in [0.15, 0.2) is 0 Å². The molecule has 0 atom stereocenters. The second-order valence-corrected chi connectivity index (χ2v) is 5.06. The van der Waals surface area contributed by atoms with Crippen LogP contribution < -0.4 is 0 Å². The molecule has 0 aliphatic heterocycles. The molecule has 0 saturated carbocycles. The van der Waals surface area contributed by atoms with Crippen LogP contribution in [0.15, 0.2) is 48.7 Å². The summed E-state index contributed by atoms with van der Waals surface area (Å²) in [7, 11) is 0. The number of rotatable bonds is 3. The van der Waals surface area contributed by atoms with E-state index in [1.165, 1.54) is 18.2 Å². The highest BCUT2D eigenvalue weighted by Crippen LogP contribution is 2.21. The zero-order valence-electron chi connectivity index (χ0n) is 11.5. The first-order valence-corrected chi connectivity index (χ1v) is 6.62. The van der Waals surface area contributed by atoms with Crippen molar-refractivity contribution in [3.05, 3.63) is 71.2 Å². The van der Waals surface area contributed by atoms with Crippen LogP contribution in [0.2, 0.25) is 0 Å². The van der Waals surface area contributed by atoms with Crippen molar-refractivity contribution in [3.63, 3.8) is 0 Å². The standard InChI is InChI=1S/C17H14FNO2/c1-11-3-2-4-16-14(11)7-8-19(16)10-13-9-12(17(20)21)5-6-15(13)18/h2-9H,10H2,1H3,(H,20,21). The lowest BCUT2D eigenvalue weighted by Gasteiger charge is -2.08. The van der Waals surface area contributed by atoms with Gasteiger partial charge in [-0.05, 0) is 42.8 Å². The molecular formula is C17H14FNO2. The Morgan fingerprint density at radius 1 is 1.24 bits per heavy atom. The van der Waals surface area contributed by atoms with Crippen molar-refractivity contribution in [1.29, 1.82) is 0 Å². The van der Waals surface area contributed by atoms with E-state index >= 15 is 0 Å². The molecule has 4 heteroatoms. The molecule has 2 aromatic carbocycles. The highest BCUT2D eigenvalue weighted by Gasteiger charge is 2.10. The molecule has 0 amide bonds. The Labute approximate surface area is 121 Å². The van der Waals surface area contributed by atoms with Crippen LogP contribution in [0.5, 0.6) is 0 Å². The topological polar surface area (TPSA) is 42.2 Å². The van der Waals surface area contributed by atoms with Crippen LogP contribution in [0.25, 0.3) is 10.9 Å².